The van der Waals surface area contributed by atoms with Crippen molar-refractivity contribution in [3.05, 3.63) is 40.3 Å². The lowest BCUT2D eigenvalue weighted by Gasteiger charge is -2.13. The first-order chi connectivity index (χ1) is 9.22. The molecular formula is C13H15N3S3. The summed E-state index contributed by atoms with van der Waals surface area (Å²) in [6, 6.07) is 6.06. The number of thioether (sulfide) groups is 1. The third-order valence-electron chi connectivity index (χ3n) is 2.63. The summed E-state index contributed by atoms with van der Waals surface area (Å²) in [6.45, 7) is 0.820. The minimum Gasteiger partial charge on any atom is -0.389 e. The fraction of sp³-hybridized carbons (Fsp3) is 0.231. The van der Waals surface area contributed by atoms with E-state index in [1.807, 2.05) is 36.0 Å². The number of aromatic nitrogens is 1. The van der Waals surface area contributed by atoms with Gasteiger partial charge in [0.25, 0.3) is 0 Å². The molecule has 0 atom stereocenters. The van der Waals surface area contributed by atoms with Crippen molar-refractivity contribution in [3.63, 3.8) is 0 Å². The van der Waals surface area contributed by atoms with Gasteiger partial charge in [0, 0.05) is 40.7 Å². The van der Waals surface area contributed by atoms with E-state index in [9.17, 15) is 0 Å². The lowest BCUT2D eigenvalue weighted by molar-refractivity contribution is 0.996. The van der Waals surface area contributed by atoms with Gasteiger partial charge < -0.3 is 11.1 Å². The van der Waals surface area contributed by atoms with Gasteiger partial charge in [0.1, 0.15) is 4.99 Å². The molecule has 3 N–H and O–H groups in total. The van der Waals surface area contributed by atoms with Crippen LogP contribution in [0.4, 0.5) is 5.69 Å². The lowest BCUT2D eigenvalue weighted by Crippen LogP contribution is -2.15. The van der Waals surface area contributed by atoms with Gasteiger partial charge in [0.2, 0.25) is 0 Å². The molecule has 1 heterocycles. The smallest absolute Gasteiger partial charge is 0.107 e. The highest BCUT2D eigenvalue weighted by Gasteiger charge is 2.10. The van der Waals surface area contributed by atoms with Crippen molar-refractivity contribution in [2.24, 2.45) is 5.73 Å². The number of thiocarbonyl (C=S) groups is 1. The second kappa shape index (κ2) is 6.88. The quantitative estimate of drug-likeness (QED) is 0.634. The Kier molecular flexibility index (Phi) is 5.18. The minimum atomic E-state index is 0.432. The highest BCUT2D eigenvalue weighted by atomic mass is 32.2. The van der Waals surface area contributed by atoms with Crippen LogP contribution in [0.15, 0.2) is 34.7 Å². The van der Waals surface area contributed by atoms with E-state index in [0.717, 1.165) is 34.1 Å². The van der Waals surface area contributed by atoms with Crippen LogP contribution in [-0.2, 0) is 6.42 Å². The van der Waals surface area contributed by atoms with Crippen LogP contribution in [0, 0.1) is 0 Å². The molecule has 100 valence electrons. The molecule has 0 saturated heterocycles. The molecule has 0 aliphatic rings. The van der Waals surface area contributed by atoms with Gasteiger partial charge in [-0.25, -0.2) is 4.98 Å². The van der Waals surface area contributed by atoms with Crippen molar-refractivity contribution in [3.8, 4) is 0 Å². The van der Waals surface area contributed by atoms with E-state index >= 15 is 0 Å². The molecule has 19 heavy (non-hydrogen) atoms. The van der Waals surface area contributed by atoms with Gasteiger partial charge in [0.15, 0.2) is 0 Å². The molecule has 0 spiro atoms. The van der Waals surface area contributed by atoms with E-state index in [4.69, 9.17) is 18.0 Å². The second-order valence-corrected chi connectivity index (χ2v) is 6.12. The summed E-state index contributed by atoms with van der Waals surface area (Å²) in [7, 11) is 0. The maximum atomic E-state index is 5.83. The molecule has 2 aromatic rings. The molecule has 0 amide bonds. The van der Waals surface area contributed by atoms with Crippen LogP contribution in [0.1, 0.15) is 10.6 Å². The van der Waals surface area contributed by atoms with Crippen molar-refractivity contribution in [2.75, 3.05) is 18.1 Å². The molecule has 0 unspecified atom stereocenters. The molecular weight excluding hydrogens is 294 g/mol. The average Bonchev–Trinajstić information content (AvgIpc) is 2.91. The van der Waals surface area contributed by atoms with Crippen LogP contribution < -0.4 is 11.1 Å². The molecule has 0 radical (unpaired) electrons. The number of benzene rings is 1. The second-order valence-electron chi connectivity index (χ2n) is 3.85. The van der Waals surface area contributed by atoms with E-state index in [1.165, 1.54) is 0 Å². The molecule has 1 aromatic heterocycles. The van der Waals surface area contributed by atoms with Gasteiger partial charge in [-0.1, -0.05) is 18.3 Å². The standard InChI is InChI=1S/C13H15N3S3/c1-18-10-4-2-3-9(12(10)13(14)17)15-6-5-11-16-7-8-19-11/h2-4,7-8,15H,5-6H2,1H3,(H2,14,17). The molecule has 3 nitrogen and oxygen atoms in total. The van der Waals surface area contributed by atoms with Gasteiger partial charge in [-0.05, 0) is 18.4 Å². The number of anilines is 1. The SMILES string of the molecule is CSc1cccc(NCCc2nccs2)c1C(N)=S. The van der Waals surface area contributed by atoms with Crippen LogP contribution in [0.3, 0.4) is 0 Å². The number of nitrogens with zero attached hydrogens (tertiary/aromatic N) is 1. The van der Waals surface area contributed by atoms with Crippen LogP contribution in [-0.4, -0.2) is 22.8 Å². The highest BCUT2D eigenvalue weighted by Crippen LogP contribution is 2.27. The number of nitrogens with one attached hydrogen (secondary N) is 1. The van der Waals surface area contributed by atoms with Gasteiger partial charge in [0.05, 0.1) is 5.01 Å². The van der Waals surface area contributed by atoms with Crippen molar-refractivity contribution >= 4 is 46.0 Å². The van der Waals surface area contributed by atoms with Gasteiger partial charge in [-0.2, -0.15) is 0 Å². The van der Waals surface area contributed by atoms with Crippen LogP contribution in [0.2, 0.25) is 0 Å². The number of nitrogens with two attached hydrogens (primary N) is 1. The normalized spacial score (nSPS) is 10.4. The summed E-state index contributed by atoms with van der Waals surface area (Å²) in [5.74, 6) is 0. The van der Waals surface area contributed by atoms with Gasteiger partial charge in [-0.15, -0.1) is 23.1 Å². The van der Waals surface area contributed by atoms with Gasteiger partial charge in [-0.3, -0.25) is 0 Å². The zero-order chi connectivity index (χ0) is 13.7. The van der Waals surface area contributed by atoms with E-state index in [1.54, 1.807) is 23.1 Å². The number of hydrogen-bond acceptors (Lipinski definition) is 5. The Morgan fingerprint density at radius 2 is 2.37 bits per heavy atom. The third kappa shape index (κ3) is 3.68. The molecule has 1 aromatic carbocycles. The number of hydrogen-bond donors (Lipinski definition) is 2. The number of thiazole rings is 1. The predicted octanol–water partition coefficient (Wildman–Crippen LogP) is 3.15. The Labute approximate surface area is 126 Å². The highest BCUT2D eigenvalue weighted by molar-refractivity contribution is 7.98. The van der Waals surface area contributed by atoms with E-state index in [-0.39, 0.29) is 0 Å². The van der Waals surface area contributed by atoms with Crippen LogP contribution in [0.25, 0.3) is 0 Å². The van der Waals surface area contributed by atoms with Crippen LogP contribution in [0.5, 0.6) is 0 Å². The molecule has 6 heteroatoms. The molecule has 0 aliphatic carbocycles. The van der Waals surface area contributed by atoms with Crippen molar-refractivity contribution in [1.29, 1.82) is 0 Å². The Balaban J connectivity index is 2.09. The Morgan fingerprint density at radius 1 is 1.53 bits per heavy atom. The van der Waals surface area contributed by atoms with E-state index in [2.05, 4.69) is 10.3 Å². The fourth-order valence-electron chi connectivity index (χ4n) is 1.78. The fourth-order valence-corrected chi connectivity index (χ4v) is 3.33. The maximum absolute atomic E-state index is 5.83. The summed E-state index contributed by atoms with van der Waals surface area (Å²) in [5, 5.41) is 6.51. The first-order valence-electron chi connectivity index (χ1n) is 5.81. The Bertz CT molecular complexity index is 552. The monoisotopic (exact) mass is 309 g/mol. The summed E-state index contributed by atoms with van der Waals surface area (Å²) in [5.41, 5.74) is 7.76. The predicted molar refractivity (Wildman–Crippen MR) is 88.4 cm³/mol. The van der Waals surface area contributed by atoms with Crippen molar-refractivity contribution in [2.45, 2.75) is 11.3 Å². The Morgan fingerprint density at radius 3 is 3.00 bits per heavy atom. The van der Waals surface area contributed by atoms with Crippen molar-refractivity contribution < 1.29 is 0 Å². The number of rotatable bonds is 6. The van der Waals surface area contributed by atoms with Crippen molar-refractivity contribution in [1.82, 2.24) is 4.98 Å². The summed E-state index contributed by atoms with van der Waals surface area (Å²) < 4.78 is 0. The zero-order valence-electron chi connectivity index (χ0n) is 10.6. The largest absolute Gasteiger partial charge is 0.389 e. The molecule has 0 fully saturated rings. The third-order valence-corrected chi connectivity index (χ3v) is 4.45. The topological polar surface area (TPSA) is 50.9 Å². The first-order valence-corrected chi connectivity index (χ1v) is 8.32. The summed E-state index contributed by atoms with van der Waals surface area (Å²) in [6.07, 6.45) is 4.75. The molecule has 2 rings (SSSR count). The zero-order valence-corrected chi connectivity index (χ0v) is 13.0. The molecule has 0 saturated carbocycles. The minimum absolute atomic E-state index is 0.432. The average molecular weight is 309 g/mol. The van der Waals surface area contributed by atoms with E-state index in [0.29, 0.717) is 4.99 Å². The summed E-state index contributed by atoms with van der Waals surface area (Å²) >= 11 is 8.47. The van der Waals surface area contributed by atoms with Gasteiger partial charge >= 0.3 is 0 Å². The Hall–Kier alpha value is -1.11. The maximum Gasteiger partial charge on any atom is 0.107 e. The molecule has 0 bridgehead atoms. The first kappa shape index (κ1) is 14.3. The van der Waals surface area contributed by atoms with E-state index < -0.39 is 0 Å². The summed E-state index contributed by atoms with van der Waals surface area (Å²) in [4.78, 5) is 5.80. The molecule has 0 aliphatic heterocycles. The lowest BCUT2D eigenvalue weighted by atomic mass is 10.1. The van der Waals surface area contributed by atoms with Crippen LogP contribution >= 0.6 is 35.3 Å².